The SMILES string of the molecule is Cc1nc(NC(=O)c2ccccc2-n2c(C)ccc2C)sc1C. The number of nitrogens with zero attached hydrogens (tertiary/aromatic N) is 2. The van der Waals surface area contributed by atoms with Gasteiger partial charge >= 0.3 is 0 Å². The zero-order valence-electron chi connectivity index (χ0n) is 13.7. The first-order chi connectivity index (χ1) is 11.0. The molecule has 1 N–H and O–H groups in total. The highest BCUT2D eigenvalue weighted by atomic mass is 32.1. The lowest BCUT2D eigenvalue weighted by Gasteiger charge is -2.14. The zero-order valence-corrected chi connectivity index (χ0v) is 14.5. The third kappa shape index (κ3) is 2.92. The van der Waals surface area contributed by atoms with Gasteiger partial charge in [0.05, 0.1) is 16.9 Å². The predicted octanol–water partition coefficient (Wildman–Crippen LogP) is 4.42. The first-order valence-electron chi connectivity index (χ1n) is 7.47. The van der Waals surface area contributed by atoms with Crippen LogP contribution >= 0.6 is 11.3 Å². The van der Waals surface area contributed by atoms with Crippen molar-refractivity contribution in [2.24, 2.45) is 0 Å². The quantitative estimate of drug-likeness (QED) is 0.775. The molecule has 0 fully saturated rings. The molecule has 0 aliphatic carbocycles. The molecule has 118 valence electrons. The summed E-state index contributed by atoms with van der Waals surface area (Å²) in [5.41, 5.74) is 4.68. The van der Waals surface area contributed by atoms with Crippen molar-refractivity contribution in [1.29, 1.82) is 0 Å². The molecule has 3 aromatic rings. The van der Waals surface area contributed by atoms with Crippen molar-refractivity contribution in [1.82, 2.24) is 9.55 Å². The molecule has 23 heavy (non-hydrogen) atoms. The van der Waals surface area contributed by atoms with Gasteiger partial charge in [0, 0.05) is 16.3 Å². The van der Waals surface area contributed by atoms with Crippen molar-refractivity contribution >= 4 is 22.4 Å². The molecule has 0 aliphatic heterocycles. The lowest BCUT2D eigenvalue weighted by atomic mass is 10.1. The average Bonchev–Trinajstić information content (AvgIpc) is 3.01. The van der Waals surface area contributed by atoms with E-state index in [1.807, 2.05) is 52.0 Å². The number of carbonyl (C=O) groups is 1. The highest BCUT2D eigenvalue weighted by Crippen LogP contribution is 2.24. The van der Waals surface area contributed by atoms with E-state index in [-0.39, 0.29) is 5.91 Å². The van der Waals surface area contributed by atoms with Gasteiger partial charge in [-0.15, -0.1) is 11.3 Å². The second-order valence-electron chi connectivity index (χ2n) is 5.58. The highest BCUT2D eigenvalue weighted by molar-refractivity contribution is 7.15. The fourth-order valence-corrected chi connectivity index (χ4v) is 3.41. The Balaban J connectivity index is 1.99. The molecule has 0 bridgehead atoms. The average molecular weight is 325 g/mol. The summed E-state index contributed by atoms with van der Waals surface area (Å²) in [6, 6.07) is 11.7. The Hall–Kier alpha value is -2.40. The molecule has 5 heteroatoms. The van der Waals surface area contributed by atoms with Crippen LogP contribution in [0.1, 0.15) is 32.3 Å². The van der Waals surface area contributed by atoms with Gasteiger partial charge in [0.2, 0.25) is 0 Å². The molecule has 0 unspecified atom stereocenters. The van der Waals surface area contributed by atoms with E-state index in [4.69, 9.17) is 0 Å². The molecule has 2 heterocycles. The lowest BCUT2D eigenvalue weighted by Crippen LogP contribution is -2.15. The standard InChI is InChI=1S/C18H19N3OS/c1-11-9-10-12(2)21(11)16-8-6-5-7-15(16)17(22)20-18-19-13(3)14(4)23-18/h5-10H,1-4H3,(H,19,20,22). The monoisotopic (exact) mass is 325 g/mol. The van der Waals surface area contributed by atoms with Crippen molar-refractivity contribution in [3.63, 3.8) is 0 Å². The third-order valence-corrected chi connectivity index (χ3v) is 4.90. The van der Waals surface area contributed by atoms with E-state index >= 15 is 0 Å². The number of benzene rings is 1. The molecule has 0 saturated heterocycles. The Morgan fingerprint density at radius 1 is 1.04 bits per heavy atom. The largest absolute Gasteiger partial charge is 0.318 e. The first kappa shape index (κ1) is 15.5. The Morgan fingerprint density at radius 3 is 2.30 bits per heavy atom. The van der Waals surface area contributed by atoms with Crippen LogP contribution in [0.25, 0.3) is 5.69 Å². The van der Waals surface area contributed by atoms with Crippen LogP contribution in [0.15, 0.2) is 36.4 Å². The number of para-hydroxylation sites is 1. The van der Waals surface area contributed by atoms with Gasteiger partial charge in [-0.2, -0.15) is 0 Å². The zero-order chi connectivity index (χ0) is 16.6. The molecule has 2 aromatic heterocycles. The van der Waals surface area contributed by atoms with E-state index in [0.717, 1.165) is 27.6 Å². The maximum atomic E-state index is 12.7. The van der Waals surface area contributed by atoms with Gasteiger partial charge in [0.1, 0.15) is 0 Å². The lowest BCUT2D eigenvalue weighted by molar-refractivity contribution is 0.102. The Morgan fingerprint density at radius 2 is 1.70 bits per heavy atom. The first-order valence-corrected chi connectivity index (χ1v) is 8.28. The Bertz CT molecular complexity index is 837. The number of aryl methyl sites for hydroxylation is 4. The number of hydrogen-bond donors (Lipinski definition) is 1. The minimum atomic E-state index is -0.137. The maximum absolute atomic E-state index is 12.7. The Labute approximate surface area is 139 Å². The van der Waals surface area contributed by atoms with Gasteiger partial charge in [-0.05, 0) is 52.0 Å². The van der Waals surface area contributed by atoms with E-state index in [1.54, 1.807) is 0 Å². The molecule has 1 amide bonds. The van der Waals surface area contributed by atoms with Crippen molar-refractivity contribution in [2.45, 2.75) is 27.7 Å². The fourth-order valence-electron chi connectivity index (χ4n) is 2.60. The molecular weight excluding hydrogens is 306 g/mol. The predicted molar refractivity (Wildman–Crippen MR) is 94.8 cm³/mol. The normalized spacial score (nSPS) is 10.8. The topological polar surface area (TPSA) is 46.9 Å². The number of amides is 1. The smallest absolute Gasteiger partial charge is 0.259 e. The fraction of sp³-hybridized carbons (Fsp3) is 0.222. The van der Waals surface area contributed by atoms with Crippen LogP contribution in [0.2, 0.25) is 0 Å². The van der Waals surface area contributed by atoms with Crippen molar-refractivity contribution in [3.8, 4) is 5.69 Å². The minimum Gasteiger partial charge on any atom is -0.318 e. The molecule has 0 spiro atoms. The second kappa shape index (κ2) is 6.01. The number of nitrogens with one attached hydrogen (secondary N) is 1. The van der Waals surface area contributed by atoms with Gasteiger partial charge in [-0.25, -0.2) is 4.98 Å². The van der Waals surface area contributed by atoms with Crippen molar-refractivity contribution < 1.29 is 4.79 Å². The number of carbonyl (C=O) groups excluding carboxylic acids is 1. The van der Waals surface area contributed by atoms with Gasteiger partial charge < -0.3 is 4.57 Å². The summed E-state index contributed by atoms with van der Waals surface area (Å²) in [6.45, 7) is 8.02. The van der Waals surface area contributed by atoms with E-state index in [2.05, 4.69) is 27.0 Å². The van der Waals surface area contributed by atoms with Crippen molar-refractivity contribution in [2.75, 3.05) is 5.32 Å². The molecule has 0 radical (unpaired) electrons. The van der Waals surface area contributed by atoms with Crippen LogP contribution in [-0.4, -0.2) is 15.5 Å². The van der Waals surface area contributed by atoms with E-state index < -0.39 is 0 Å². The molecule has 0 aliphatic rings. The molecular formula is C18H19N3OS. The number of rotatable bonds is 3. The summed E-state index contributed by atoms with van der Waals surface area (Å²) < 4.78 is 2.09. The van der Waals surface area contributed by atoms with Crippen molar-refractivity contribution in [3.05, 3.63) is 63.9 Å². The van der Waals surface area contributed by atoms with E-state index in [9.17, 15) is 4.79 Å². The van der Waals surface area contributed by atoms with Gasteiger partial charge in [0.15, 0.2) is 5.13 Å². The minimum absolute atomic E-state index is 0.137. The van der Waals surface area contributed by atoms with Crippen LogP contribution in [0.3, 0.4) is 0 Å². The summed E-state index contributed by atoms with van der Waals surface area (Å²) in [5.74, 6) is -0.137. The Kier molecular flexibility index (Phi) is 4.05. The van der Waals surface area contributed by atoms with Crippen LogP contribution in [0, 0.1) is 27.7 Å². The third-order valence-electron chi connectivity index (χ3n) is 3.91. The maximum Gasteiger partial charge on any atom is 0.259 e. The molecule has 4 nitrogen and oxygen atoms in total. The number of thiazole rings is 1. The number of aromatic nitrogens is 2. The molecule has 0 atom stereocenters. The summed E-state index contributed by atoms with van der Waals surface area (Å²) in [6.07, 6.45) is 0. The second-order valence-corrected chi connectivity index (χ2v) is 6.79. The summed E-state index contributed by atoms with van der Waals surface area (Å²) in [4.78, 5) is 18.2. The van der Waals surface area contributed by atoms with E-state index in [1.165, 1.54) is 11.3 Å². The van der Waals surface area contributed by atoms with Crippen LogP contribution in [0.4, 0.5) is 5.13 Å². The van der Waals surface area contributed by atoms with Crippen LogP contribution in [0.5, 0.6) is 0 Å². The molecule has 3 rings (SSSR count). The number of anilines is 1. The van der Waals surface area contributed by atoms with Crippen LogP contribution < -0.4 is 5.32 Å². The molecule has 1 aromatic carbocycles. The van der Waals surface area contributed by atoms with Crippen LogP contribution in [-0.2, 0) is 0 Å². The molecule has 0 saturated carbocycles. The van der Waals surface area contributed by atoms with Gasteiger partial charge in [-0.1, -0.05) is 12.1 Å². The highest BCUT2D eigenvalue weighted by Gasteiger charge is 2.16. The van der Waals surface area contributed by atoms with E-state index in [0.29, 0.717) is 10.7 Å². The van der Waals surface area contributed by atoms with Gasteiger partial charge in [0.25, 0.3) is 5.91 Å². The summed E-state index contributed by atoms with van der Waals surface area (Å²) in [7, 11) is 0. The number of hydrogen-bond acceptors (Lipinski definition) is 3. The summed E-state index contributed by atoms with van der Waals surface area (Å²) >= 11 is 1.50. The summed E-state index contributed by atoms with van der Waals surface area (Å²) in [5, 5.41) is 3.56. The van der Waals surface area contributed by atoms with Gasteiger partial charge in [-0.3, -0.25) is 10.1 Å².